The number of ether oxygens (including phenoxy) is 1. The molecule has 0 atom stereocenters. The predicted molar refractivity (Wildman–Crippen MR) is 105 cm³/mol. The van der Waals surface area contributed by atoms with Crippen molar-refractivity contribution in [3.63, 3.8) is 0 Å². The van der Waals surface area contributed by atoms with Crippen LogP contribution in [0, 0.1) is 0 Å². The second-order valence-electron chi connectivity index (χ2n) is 5.85. The first-order valence-electron chi connectivity index (χ1n) is 8.43. The van der Waals surface area contributed by atoms with E-state index in [-0.39, 0.29) is 29.4 Å². The molecular weight excluding hydrogens is 404 g/mol. The number of carbonyl (C=O) groups excluding carboxylic acids is 1. The van der Waals surface area contributed by atoms with Crippen LogP contribution in [0.3, 0.4) is 0 Å². The van der Waals surface area contributed by atoms with Crippen LogP contribution in [-0.4, -0.2) is 36.5 Å². The Morgan fingerprint density at radius 2 is 1.64 bits per heavy atom. The van der Waals surface area contributed by atoms with Crippen LogP contribution in [0.2, 0.25) is 0 Å². The molecule has 0 radical (unpaired) electrons. The van der Waals surface area contributed by atoms with Crippen molar-refractivity contribution in [2.24, 2.45) is 0 Å². The first kappa shape index (κ1) is 22.0. The highest BCUT2D eigenvalue weighted by molar-refractivity contribution is 7.89. The molecule has 8 nitrogen and oxygen atoms in total. The molecule has 0 amide bonds. The SMILES string of the molecule is CCOC(=O)c1cccc(S(=O)(=O)NCc2ccc(CS(=O)(=O)NC)cc2)c1. The van der Waals surface area contributed by atoms with Crippen LogP contribution in [0.25, 0.3) is 0 Å². The molecule has 2 N–H and O–H groups in total. The molecular formula is C18H22N2O6S2. The Balaban J connectivity index is 2.07. The van der Waals surface area contributed by atoms with Gasteiger partial charge in [0, 0.05) is 6.54 Å². The van der Waals surface area contributed by atoms with Crippen LogP contribution < -0.4 is 9.44 Å². The summed E-state index contributed by atoms with van der Waals surface area (Å²) in [7, 11) is -5.86. The second kappa shape index (κ2) is 9.28. The maximum atomic E-state index is 12.5. The molecule has 0 aliphatic carbocycles. The molecule has 0 heterocycles. The third kappa shape index (κ3) is 6.13. The van der Waals surface area contributed by atoms with Gasteiger partial charge < -0.3 is 4.74 Å². The van der Waals surface area contributed by atoms with Gasteiger partial charge in [-0.25, -0.2) is 31.1 Å². The Hall–Kier alpha value is -2.27. The number of carbonyl (C=O) groups is 1. The molecule has 0 aliphatic rings. The quantitative estimate of drug-likeness (QED) is 0.585. The molecule has 0 saturated carbocycles. The van der Waals surface area contributed by atoms with Gasteiger partial charge in [0.15, 0.2) is 0 Å². The van der Waals surface area contributed by atoms with E-state index >= 15 is 0 Å². The Morgan fingerprint density at radius 1 is 1.00 bits per heavy atom. The van der Waals surface area contributed by atoms with E-state index in [1.54, 1.807) is 31.2 Å². The molecule has 2 aromatic rings. The first-order valence-corrected chi connectivity index (χ1v) is 11.6. The fourth-order valence-corrected chi connectivity index (χ4v) is 4.15. The van der Waals surface area contributed by atoms with E-state index in [0.717, 1.165) is 0 Å². The van der Waals surface area contributed by atoms with E-state index in [1.807, 2.05) is 0 Å². The van der Waals surface area contributed by atoms with Gasteiger partial charge in [0.05, 0.1) is 22.8 Å². The number of nitrogens with one attached hydrogen (secondary N) is 2. The maximum absolute atomic E-state index is 12.5. The summed E-state index contributed by atoms with van der Waals surface area (Å²) in [4.78, 5) is 11.7. The van der Waals surface area contributed by atoms with Gasteiger partial charge >= 0.3 is 5.97 Å². The lowest BCUT2D eigenvalue weighted by Crippen LogP contribution is -2.23. The number of hydrogen-bond acceptors (Lipinski definition) is 6. The number of hydrogen-bond donors (Lipinski definition) is 2. The molecule has 0 fully saturated rings. The zero-order valence-electron chi connectivity index (χ0n) is 15.5. The molecule has 0 saturated heterocycles. The summed E-state index contributed by atoms with van der Waals surface area (Å²) in [6, 6.07) is 12.1. The highest BCUT2D eigenvalue weighted by atomic mass is 32.2. The largest absolute Gasteiger partial charge is 0.462 e. The topological polar surface area (TPSA) is 119 Å². The smallest absolute Gasteiger partial charge is 0.338 e. The summed E-state index contributed by atoms with van der Waals surface area (Å²) >= 11 is 0. The summed E-state index contributed by atoms with van der Waals surface area (Å²) in [5.74, 6) is -0.748. The lowest BCUT2D eigenvalue weighted by molar-refractivity contribution is 0.0526. The number of sulfonamides is 2. The van der Waals surface area contributed by atoms with Crippen LogP contribution in [0.15, 0.2) is 53.4 Å². The standard InChI is InChI=1S/C18H22N2O6S2/c1-3-26-18(21)16-5-4-6-17(11-16)28(24,25)20-12-14-7-9-15(10-8-14)13-27(22,23)19-2/h4-11,19-20H,3,12-13H2,1-2H3. The zero-order valence-corrected chi connectivity index (χ0v) is 17.1. The summed E-state index contributed by atoms with van der Waals surface area (Å²) in [5, 5.41) is 0. The molecule has 28 heavy (non-hydrogen) atoms. The average molecular weight is 427 g/mol. The van der Waals surface area contributed by atoms with Gasteiger partial charge in [-0.05, 0) is 43.3 Å². The van der Waals surface area contributed by atoms with Crippen molar-refractivity contribution in [1.29, 1.82) is 0 Å². The van der Waals surface area contributed by atoms with Crippen molar-refractivity contribution in [2.45, 2.75) is 24.1 Å². The minimum absolute atomic E-state index is 0.0189. The van der Waals surface area contributed by atoms with Crippen LogP contribution in [0.1, 0.15) is 28.4 Å². The highest BCUT2D eigenvalue weighted by Crippen LogP contribution is 2.14. The fourth-order valence-electron chi connectivity index (χ4n) is 2.31. The lowest BCUT2D eigenvalue weighted by Gasteiger charge is -2.09. The Labute approximate surface area is 165 Å². The lowest BCUT2D eigenvalue weighted by atomic mass is 10.1. The number of esters is 1. The first-order chi connectivity index (χ1) is 13.2. The summed E-state index contributed by atoms with van der Waals surface area (Å²) in [5.41, 5.74) is 1.40. The molecule has 2 aromatic carbocycles. The van der Waals surface area contributed by atoms with E-state index in [9.17, 15) is 21.6 Å². The van der Waals surface area contributed by atoms with Crippen molar-refractivity contribution in [3.8, 4) is 0 Å². The van der Waals surface area contributed by atoms with Gasteiger partial charge in [-0.3, -0.25) is 0 Å². The van der Waals surface area contributed by atoms with E-state index in [1.165, 1.54) is 31.3 Å². The molecule has 152 valence electrons. The van der Waals surface area contributed by atoms with Gasteiger partial charge in [-0.2, -0.15) is 0 Å². The third-order valence-corrected chi connectivity index (χ3v) is 6.55. The molecule has 0 bridgehead atoms. The van der Waals surface area contributed by atoms with Crippen molar-refractivity contribution >= 4 is 26.0 Å². The van der Waals surface area contributed by atoms with Crippen LogP contribution in [0.4, 0.5) is 0 Å². The number of benzene rings is 2. The van der Waals surface area contributed by atoms with Gasteiger partial charge in [0.1, 0.15) is 0 Å². The minimum Gasteiger partial charge on any atom is -0.462 e. The van der Waals surface area contributed by atoms with Crippen LogP contribution >= 0.6 is 0 Å². The fraction of sp³-hybridized carbons (Fsp3) is 0.278. The average Bonchev–Trinajstić information content (AvgIpc) is 2.67. The molecule has 0 aromatic heterocycles. The Kier molecular flexibility index (Phi) is 7.30. The van der Waals surface area contributed by atoms with Gasteiger partial charge in [0.2, 0.25) is 20.0 Å². The summed E-state index contributed by atoms with van der Waals surface area (Å²) in [6.07, 6.45) is 0. The Bertz CT molecular complexity index is 1030. The maximum Gasteiger partial charge on any atom is 0.338 e. The van der Waals surface area contributed by atoms with Crippen molar-refractivity contribution in [3.05, 3.63) is 65.2 Å². The van der Waals surface area contributed by atoms with E-state index in [2.05, 4.69) is 9.44 Å². The molecule has 0 unspecified atom stereocenters. The van der Waals surface area contributed by atoms with Gasteiger partial charge in [-0.15, -0.1) is 0 Å². The predicted octanol–water partition coefficient (Wildman–Crippen LogP) is 1.39. The van der Waals surface area contributed by atoms with Gasteiger partial charge in [-0.1, -0.05) is 30.3 Å². The monoisotopic (exact) mass is 426 g/mol. The van der Waals surface area contributed by atoms with E-state index < -0.39 is 26.0 Å². The van der Waals surface area contributed by atoms with E-state index in [4.69, 9.17) is 4.74 Å². The minimum atomic E-state index is -3.84. The summed E-state index contributed by atoms with van der Waals surface area (Å²) < 4.78 is 57.6. The molecule has 2 rings (SSSR count). The van der Waals surface area contributed by atoms with Crippen molar-refractivity contribution in [2.75, 3.05) is 13.7 Å². The normalized spacial score (nSPS) is 11.9. The highest BCUT2D eigenvalue weighted by Gasteiger charge is 2.17. The zero-order chi connectivity index (χ0) is 20.8. The van der Waals surface area contributed by atoms with Crippen molar-refractivity contribution < 1.29 is 26.4 Å². The molecule has 0 spiro atoms. The van der Waals surface area contributed by atoms with Crippen molar-refractivity contribution in [1.82, 2.24) is 9.44 Å². The Morgan fingerprint density at radius 3 is 2.25 bits per heavy atom. The van der Waals surface area contributed by atoms with E-state index in [0.29, 0.717) is 11.1 Å². The summed E-state index contributed by atoms with van der Waals surface area (Å²) in [6.45, 7) is 1.88. The molecule has 0 aliphatic heterocycles. The van der Waals surface area contributed by atoms with Crippen LogP contribution in [-0.2, 0) is 37.1 Å². The third-order valence-electron chi connectivity index (χ3n) is 3.81. The van der Waals surface area contributed by atoms with Crippen LogP contribution in [0.5, 0.6) is 0 Å². The molecule has 10 heteroatoms. The second-order valence-corrected chi connectivity index (χ2v) is 9.55. The number of rotatable bonds is 9. The van der Waals surface area contributed by atoms with Gasteiger partial charge in [0.25, 0.3) is 0 Å².